The zero-order chi connectivity index (χ0) is 14.8. The van der Waals surface area contributed by atoms with Gasteiger partial charge >= 0.3 is 0 Å². The number of aryl methyl sites for hydroxylation is 1. The molecule has 0 amide bonds. The molecule has 0 saturated heterocycles. The Morgan fingerprint density at radius 2 is 1.95 bits per heavy atom. The monoisotopic (exact) mass is 271 g/mol. The summed E-state index contributed by atoms with van der Waals surface area (Å²) in [6.45, 7) is 11.7. The highest BCUT2D eigenvalue weighted by atomic mass is 15.3. The Labute approximate surface area is 122 Å². The first kappa shape index (κ1) is 14.8. The molecular weight excluding hydrogens is 246 g/mol. The Morgan fingerprint density at radius 1 is 1.25 bits per heavy atom. The van der Waals surface area contributed by atoms with E-state index in [-0.39, 0.29) is 5.54 Å². The molecule has 1 aromatic carbocycles. The number of hydrogen-bond acceptors (Lipinski definition) is 2. The van der Waals surface area contributed by atoms with Crippen molar-refractivity contribution < 1.29 is 0 Å². The topological polar surface area (TPSA) is 29.9 Å². The van der Waals surface area contributed by atoms with Crippen LogP contribution in [0.15, 0.2) is 36.7 Å². The van der Waals surface area contributed by atoms with Crippen molar-refractivity contribution >= 4 is 0 Å². The third-order valence-corrected chi connectivity index (χ3v) is 3.59. The normalized spacial score (nSPS) is 13.4. The number of nitrogens with zero attached hydrogens (tertiary/aromatic N) is 2. The predicted molar refractivity (Wildman–Crippen MR) is 83.7 cm³/mol. The first-order chi connectivity index (χ1) is 9.38. The minimum absolute atomic E-state index is 0.0416. The Kier molecular flexibility index (Phi) is 4.29. The third kappa shape index (κ3) is 3.48. The molecule has 1 atom stereocenters. The van der Waals surface area contributed by atoms with Crippen molar-refractivity contribution in [2.24, 2.45) is 0 Å². The fourth-order valence-corrected chi connectivity index (χ4v) is 2.27. The average molecular weight is 271 g/mol. The fourth-order valence-electron chi connectivity index (χ4n) is 2.27. The lowest BCUT2D eigenvalue weighted by molar-refractivity contribution is 0.355. The van der Waals surface area contributed by atoms with Crippen molar-refractivity contribution in [2.45, 2.75) is 52.7 Å². The maximum absolute atomic E-state index is 4.43. The van der Waals surface area contributed by atoms with Crippen LogP contribution >= 0.6 is 0 Å². The molecule has 2 aromatic rings. The minimum Gasteiger partial charge on any atom is -0.306 e. The highest BCUT2D eigenvalue weighted by molar-refractivity contribution is 5.28. The molecule has 1 N–H and O–H groups in total. The second-order valence-electron chi connectivity index (χ2n) is 6.42. The number of nitrogens with one attached hydrogen (secondary N) is 1. The first-order valence-electron chi connectivity index (χ1n) is 7.21. The van der Waals surface area contributed by atoms with E-state index < -0.39 is 0 Å². The van der Waals surface area contributed by atoms with Gasteiger partial charge in [0.2, 0.25) is 0 Å². The summed E-state index contributed by atoms with van der Waals surface area (Å²) in [5.41, 5.74) is 3.95. The van der Waals surface area contributed by atoms with E-state index in [1.807, 2.05) is 10.9 Å². The lowest BCUT2D eigenvalue weighted by Crippen LogP contribution is -2.22. The van der Waals surface area contributed by atoms with Crippen molar-refractivity contribution in [1.82, 2.24) is 15.1 Å². The van der Waals surface area contributed by atoms with E-state index in [4.69, 9.17) is 0 Å². The first-order valence-corrected chi connectivity index (χ1v) is 7.21. The van der Waals surface area contributed by atoms with Gasteiger partial charge in [-0.2, -0.15) is 5.10 Å². The number of rotatable bonds is 4. The van der Waals surface area contributed by atoms with Gasteiger partial charge in [-0.3, -0.25) is 4.68 Å². The van der Waals surface area contributed by atoms with Crippen LogP contribution < -0.4 is 5.32 Å². The lowest BCUT2D eigenvalue weighted by atomic mass is 10.0. The standard InChI is InChI=1S/C17H25N3/c1-13-8-6-7-9-16(13)14(2)18-10-15-11-19-20(12-15)17(3,4)5/h6-9,11-12,14,18H,10H2,1-5H3/t14-/m0/s1. The number of benzene rings is 1. The molecule has 0 spiro atoms. The third-order valence-electron chi connectivity index (χ3n) is 3.59. The molecule has 1 heterocycles. The van der Waals surface area contributed by atoms with Gasteiger partial charge in [0, 0.05) is 24.3 Å². The molecule has 108 valence electrons. The van der Waals surface area contributed by atoms with Crippen LogP contribution in [0.1, 0.15) is 50.4 Å². The molecule has 0 aliphatic heterocycles. The van der Waals surface area contributed by atoms with Gasteiger partial charge in [-0.1, -0.05) is 24.3 Å². The molecule has 1 aromatic heterocycles. The summed E-state index contributed by atoms with van der Waals surface area (Å²) in [4.78, 5) is 0. The second kappa shape index (κ2) is 5.80. The van der Waals surface area contributed by atoms with Crippen LogP contribution in [-0.4, -0.2) is 9.78 Å². The van der Waals surface area contributed by atoms with Gasteiger partial charge < -0.3 is 5.32 Å². The van der Waals surface area contributed by atoms with Gasteiger partial charge in [-0.15, -0.1) is 0 Å². The number of hydrogen-bond donors (Lipinski definition) is 1. The predicted octanol–water partition coefficient (Wildman–Crippen LogP) is 3.80. The SMILES string of the molecule is Cc1ccccc1[C@H](C)NCc1cnn(C(C)(C)C)c1. The van der Waals surface area contributed by atoms with Gasteiger partial charge in [0.25, 0.3) is 0 Å². The van der Waals surface area contributed by atoms with E-state index in [1.165, 1.54) is 16.7 Å². The van der Waals surface area contributed by atoms with E-state index >= 15 is 0 Å². The summed E-state index contributed by atoms with van der Waals surface area (Å²) in [6.07, 6.45) is 4.07. The van der Waals surface area contributed by atoms with E-state index in [2.05, 4.69) is 75.5 Å². The van der Waals surface area contributed by atoms with Gasteiger partial charge in [0.15, 0.2) is 0 Å². The molecule has 2 rings (SSSR count). The summed E-state index contributed by atoms with van der Waals surface area (Å²) in [5.74, 6) is 0. The number of aromatic nitrogens is 2. The van der Waals surface area contributed by atoms with Crippen LogP contribution in [0.5, 0.6) is 0 Å². The van der Waals surface area contributed by atoms with Crippen LogP contribution in [-0.2, 0) is 12.1 Å². The van der Waals surface area contributed by atoms with Gasteiger partial charge in [-0.05, 0) is 45.7 Å². The second-order valence-corrected chi connectivity index (χ2v) is 6.42. The molecule has 0 aliphatic carbocycles. The van der Waals surface area contributed by atoms with Crippen LogP contribution in [0.25, 0.3) is 0 Å². The van der Waals surface area contributed by atoms with E-state index in [0.717, 1.165) is 6.54 Å². The summed E-state index contributed by atoms with van der Waals surface area (Å²) < 4.78 is 2.02. The summed E-state index contributed by atoms with van der Waals surface area (Å²) in [7, 11) is 0. The van der Waals surface area contributed by atoms with Gasteiger partial charge in [0.1, 0.15) is 0 Å². The molecule has 3 heteroatoms. The van der Waals surface area contributed by atoms with Crippen LogP contribution in [0, 0.1) is 6.92 Å². The quantitative estimate of drug-likeness (QED) is 0.916. The fraction of sp³-hybridized carbons (Fsp3) is 0.471. The highest BCUT2D eigenvalue weighted by Gasteiger charge is 2.14. The average Bonchev–Trinajstić information content (AvgIpc) is 2.85. The Hall–Kier alpha value is -1.61. The van der Waals surface area contributed by atoms with Crippen LogP contribution in [0.2, 0.25) is 0 Å². The minimum atomic E-state index is 0.0416. The summed E-state index contributed by atoms with van der Waals surface area (Å²) in [6, 6.07) is 8.86. The molecule has 3 nitrogen and oxygen atoms in total. The van der Waals surface area contributed by atoms with Crippen molar-refractivity contribution in [1.29, 1.82) is 0 Å². The summed E-state index contributed by atoms with van der Waals surface area (Å²) >= 11 is 0. The van der Waals surface area contributed by atoms with Crippen molar-refractivity contribution in [3.05, 3.63) is 53.3 Å². The summed E-state index contributed by atoms with van der Waals surface area (Å²) in [5, 5.41) is 8.00. The molecule has 0 bridgehead atoms. The maximum atomic E-state index is 4.43. The highest BCUT2D eigenvalue weighted by Crippen LogP contribution is 2.18. The molecule has 0 radical (unpaired) electrons. The molecule has 0 saturated carbocycles. The van der Waals surface area contributed by atoms with Crippen LogP contribution in [0.3, 0.4) is 0 Å². The molecule has 20 heavy (non-hydrogen) atoms. The molecule has 0 aliphatic rings. The largest absolute Gasteiger partial charge is 0.306 e. The van der Waals surface area contributed by atoms with Gasteiger partial charge in [-0.25, -0.2) is 0 Å². The van der Waals surface area contributed by atoms with Crippen LogP contribution in [0.4, 0.5) is 0 Å². The zero-order valence-corrected chi connectivity index (χ0v) is 13.1. The van der Waals surface area contributed by atoms with E-state index in [9.17, 15) is 0 Å². The van der Waals surface area contributed by atoms with Gasteiger partial charge in [0.05, 0.1) is 11.7 Å². The van der Waals surface area contributed by atoms with Crippen molar-refractivity contribution in [2.75, 3.05) is 0 Å². The Bertz CT molecular complexity index is 564. The Balaban J connectivity index is 1.99. The smallest absolute Gasteiger partial charge is 0.0543 e. The van der Waals surface area contributed by atoms with Crippen molar-refractivity contribution in [3.8, 4) is 0 Å². The lowest BCUT2D eigenvalue weighted by Gasteiger charge is -2.19. The van der Waals surface area contributed by atoms with Crippen molar-refractivity contribution in [3.63, 3.8) is 0 Å². The van der Waals surface area contributed by atoms with E-state index in [1.54, 1.807) is 0 Å². The molecule has 0 unspecified atom stereocenters. The zero-order valence-electron chi connectivity index (χ0n) is 13.1. The molecular formula is C17H25N3. The maximum Gasteiger partial charge on any atom is 0.0543 e. The molecule has 0 fully saturated rings. The van der Waals surface area contributed by atoms with E-state index in [0.29, 0.717) is 6.04 Å². The Morgan fingerprint density at radius 3 is 2.55 bits per heavy atom.